The van der Waals surface area contributed by atoms with Gasteiger partial charge in [0.25, 0.3) is 0 Å². The van der Waals surface area contributed by atoms with E-state index in [0.717, 1.165) is 17.0 Å². The van der Waals surface area contributed by atoms with Gasteiger partial charge in [-0.2, -0.15) is 5.10 Å². The molecule has 0 saturated heterocycles. The number of amides is 1. The van der Waals surface area contributed by atoms with Crippen molar-refractivity contribution >= 4 is 11.6 Å². The Labute approximate surface area is 117 Å². The first-order valence-electron chi connectivity index (χ1n) is 6.31. The van der Waals surface area contributed by atoms with Gasteiger partial charge in [0.05, 0.1) is 19.0 Å². The number of anilines is 1. The second kappa shape index (κ2) is 6.60. The van der Waals surface area contributed by atoms with Crippen LogP contribution in [-0.4, -0.2) is 29.8 Å². The van der Waals surface area contributed by atoms with Crippen molar-refractivity contribution in [1.82, 2.24) is 15.1 Å². The highest BCUT2D eigenvalue weighted by atomic mass is 16.5. The molecule has 0 aliphatic rings. The summed E-state index contributed by atoms with van der Waals surface area (Å²) < 4.78 is 6.77. The Balaban J connectivity index is 1.92. The van der Waals surface area contributed by atoms with Gasteiger partial charge in [0.1, 0.15) is 12.3 Å². The molecule has 0 fully saturated rings. The van der Waals surface area contributed by atoms with Crippen LogP contribution in [0.3, 0.4) is 0 Å². The Morgan fingerprint density at radius 2 is 2.30 bits per heavy atom. The van der Waals surface area contributed by atoms with Crippen molar-refractivity contribution < 1.29 is 9.53 Å². The molecule has 0 bridgehead atoms. The van der Waals surface area contributed by atoms with Gasteiger partial charge in [-0.25, -0.2) is 0 Å². The second-order valence-corrected chi connectivity index (χ2v) is 4.30. The fourth-order valence-electron chi connectivity index (χ4n) is 1.75. The minimum Gasteiger partial charge on any atom is -0.497 e. The molecule has 0 aliphatic heterocycles. The average molecular weight is 274 g/mol. The average Bonchev–Trinajstić information content (AvgIpc) is 2.92. The molecule has 0 radical (unpaired) electrons. The highest BCUT2D eigenvalue weighted by Gasteiger charge is 2.03. The van der Waals surface area contributed by atoms with E-state index >= 15 is 0 Å². The normalized spacial score (nSPS) is 10.1. The smallest absolute Gasteiger partial charge is 0.241 e. The van der Waals surface area contributed by atoms with E-state index in [4.69, 9.17) is 4.74 Å². The summed E-state index contributed by atoms with van der Waals surface area (Å²) in [5.41, 5.74) is 1.99. The number of carbonyl (C=O) groups excluding carboxylic acids is 1. The highest BCUT2D eigenvalue weighted by molar-refractivity contribution is 5.75. The summed E-state index contributed by atoms with van der Waals surface area (Å²) in [7, 11) is 3.25. The number of methoxy groups -OCH3 is 1. The van der Waals surface area contributed by atoms with Gasteiger partial charge in [-0.15, -0.1) is 0 Å². The number of rotatable bonds is 6. The van der Waals surface area contributed by atoms with Crippen LogP contribution in [-0.2, 0) is 17.9 Å². The maximum atomic E-state index is 11.2. The lowest BCUT2D eigenvalue weighted by atomic mass is 10.2. The van der Waals surface area contributed by atoms with Gasteiger partial charge in [0, 0.05) is 19.8 Å². The fourth-order valence-corrected chi connectivity index (χ4v) is 1.75. The molecule has 0 saturated carbocycles. The third-order valence-corrected chi connectivity index (χ3v) is 2.85. The van der Waals surface area contributed by atoms with E-state index in [1.807, 2.05) is 24.3 Å². The summed E-state index contributed by atoms with van der Waals surface area (Å²) in [5, 5.41) is 9.93. The largest absolute Gasteiger partial charge is 0.497 e. The zero-order valence-corrected chi connectivity index (χ0v) is 11.6. The fraction of sp³-hybridized carbons (Fsp3) is 0.286. The molecule has 20 heavy (non-hydrogen) atoms. The van der Waals surface area contributed by atoms with E-state index in [2.05, 4.69) is 15.7 Å². The summed E-state index contributed by atoms with van der Waals surface area (Å²) in [6.45, 7) is 0.889. The number of hydrogen-bond donors (Lipinski definition) is 2. The Kier molecular flexibility index (Phi) is 4.60. The van der Waals surface area contributed by atoms with E-state index in [0.29, 0.717) is 6.54 Å². The first-order valence-corrected chi connectivity index (χ1v) is 6.31. The van der Waals surface area contributed by atoms with Gasteiger partial charge in [-0.05, 0) is 17.7 Å². The minimum absolute atomic E-state index is 0.0764. The lowest BCUT2D eigenvalue weighted by Crippen LogP contribution is -2.23. The number of aromatic nitrogens is 2. The molecule has 1 amide bonds. The Morgan fingerprint density at radius 3 is 3.05 bits per heavy atom. The number of ether oxygens (including phenoxy) is 1. The molecule has 0 atom stereocenters. The van der Waals surface area contributed by atoms with E-state index in [1.54, 1.807) is 31.2 Å². The van der Waals surface area contributed by atoms with Crippen LogP contribution in [0.5, 0.6) is 5.75 Å². The van der Waals surface area contributed by atoms with Gasteiger partial charge in [-0.3, -0.25) is 9.48 Å². The molecule has 2 N–H and O–H groups in total. The third kappa shape index (κ3) is 3.74. The minimum atomic E-state index is -0.0764. The highest BCUT2D eigenvalue weighted by Crippen LogP contribution is 2.14. The van der Waals surface area contributed by atoms with Crippen molar-refractivity contribution in [3.63, 3.8) is 0 Å². The van der Waals surface area contributed by atoms with Crippen molar-refractivity contribution in [1.29, 1.82) is 0 Å². The zero-order chi connectivity index (χ0) is 14.4. The molecule has 1 aromatic heterocycles. The van der Waals surface area contributed by atoms with Gasteiger partial charge in [0.15, 0.2) is 0 Å². The number of nitrogens with zero attached hydrogens (tertiary/aromatic N) is 2. The molecular formula is C14H18N4O2. The molecule has 0 aliphatic carbocycles. The summed E-state index contributed by atoms with van der Waals surface area (Å²) in [5.74, 6) is 0.757. The molecule has 1 aromatic carbocycles. The van der Waals surface area contributed by atoms with Crippen LogP contribution in [0.2, 0.25) is 0 Å². The number of carbonyl (C=O) groups is 1. The Morgan fingerprint density at radius 1 is 1.45 bits per heavy atom. The van der Waals surface area contributed by atoms with Crippen molar-refractivity contribution in [2.45, 2.75) is 13.1 Å². The maximum Gasteiger partial charge on any atom is 0.241 e. The van der Waals surface area contributed by atoms with Crippen LogP contribution in [0.1, 0.15) is 5.56 Å². The quantitative estimate of drug-likeness (QED) is 0.832. The molecule has 2 rings (SSSR count). The molecule has 0 spiro atoms. The number of likely N-dealkylation sites (N-methyl/N-ethyl adjacent to an activating group) is 1. The molecule has 106 valence electrons. The first-order chi connectivity index (χ1) is 9.71. The van der Waals surface area contributed by atoms with Gasteiger partial charge < -0.3 is 15.4 Å². The van der Waals surface area contributed by atoms with Crippen LogP contribution >= 0.6 is 0 Å². The van der Waals surface area contributed by atoms with Crippen molar-refractivity contribution in [3.8, 4) is 5.75 Å². The maximum absolute atomic E-state index is 11.2. The zero-order valence-electron chi connectivity index (χ0n) is 11.6. The monoisotopic (exact) mass is 274 g/mol. The second-order valence-electron chi connectivity index (χ2n) is 4.30. The van der Waals surface area contributed by atoms with Crippen molar-refractivity contribution in [2.24, 2.45) is 0 Å². The van der Waals surface area contributed by atoms with Crippen LogP contribution in [0.25, 0.3) is 0 Å². The van der Waals surface area contributed by atoms with E-state index in [9.17, 15) is 4.79 Å². The molecular weight excluding hydrogens is 256 g/mol. The van der Waals surface area contributed by atoms with Gasteiger partial charge in [0.2, 0.25) is 5.91 Å². The first kappa shape index (κ1) is 13.9. The number of benzene rings is 1. The van der Waals surface area contributed by atoms with E-state index in [-0.39, 0.29) is 12.5 Å². The predicted octanol–water partition coefficient (Wildman–Crippen LogP) is 1.25. The predicted molar refractivity (Wildman–Crippen MR) is 76.6 cm³/mol. The standard InChI is InChI=1S/C14H18N4O2/c1-15-14(19)10-18-9-12(8-17-18)16-7-11-4-3-5-13(6-11)20-2/h3-6,8-9,16H,7,10H2,1-2H3,(H,15,19). The van der Waals surface area contributed by atoms with Crippen LogP contribution in [0.4, 0.5) is 5.69 Å². The molecule has 6 heteroatoms. The summed E-state index contributed by atoms with van der Waals surface area (Å²) in [6.07, 6.45) is 3.50. The molecule has 2 aromatic rings. The van der Waals surface area contributed by atoms with Crippen LogP contribution in [0.15, 0.2) is 36.7 Å². The van der Waals surface area contributed by atoms with E-state index < -0.39 is 0 Å². The molecule has 0 unspecified atom stereocenters. The van der Waals surface area contributed by atoms with E-state index in [1.165, 1.54) is 0 Å². The van der Waals surface area contributed by atoms with Crippen LogP contribution in [0, 0.1) is 0 Å². The summed E-state index contributed by atoms with van der Waals surface area (Å²) >= 11 is 0. The number of nitrogens with one attached hydrogen (secondary N) is 2. The molecule has 1 heterocycles. The van der Waals surface area contributed by atoms with Gasteiger partial charge in [-0.1, -0.05) is 12.1 Å². The van der Waals surface area contributed by atoms with Gasteiger partial charge >= 0.3 is 0 Å². The SMILES string of the molecule is CNC(=O)Cn1cc(NCc2cccc(OC)c2)cn1. The van der Waals surface area contributed by atoms with Crippen molar-refractivity contribution in [2.75, 3.05) is 19.5 Å². The Bertz CT molecular complexity index is 580. The van der Waals surface area contributed by atoms with Crippen molar-refractivity contribution in [3.05, 3.63) is 42.2 Å². The topological polar surface area (TPSA) is 68.2 Å². The summed E-state index contributed by atoms with van der Waals surface area (Å²) in [4.78, 5) is 11.2. The molecule has 6 nitrogen and oxygen atoms in total. The number of hydrogen-bond acceptors (Lipinski definition) is 4. The third-order valence-electron chi connectivity index (χ3n) is 2.85. The Hall–Kier alpha value is -2.50. The summed E-state index contributed by atoms with van der Waals surface area (Å²) in [6, 6.07) is 7.85. The lowest BCUT2D eigenvalue weighted by Gasteiger charge is -2.05. The van der Waals surface area contributed by atoms with Crippen LogP contribution < -0.4 is 15.4 Å². The lowest BCUT2D eigenvalue weighted by molar-refractivity contribution is -0.121.